The number of rotatable bonds is 3. The Morgan fingerprint density at radius 3 is 2.41 bits per heavy atom. The van der Waals surface area contributed by atoms with Gasteiger partial charge in [0, 0.05) is 38.6 Å². The Hall–Kier alpha value is -2.50. The van der Waals surface area contributed by atoms with Crippen molar-refractivity contribution in [2.24, 2.45) is 0 Å². The van der Waals surface area contributed by atoms with Gasteiger partial charge in [0.1, 0.15) is 5.82 Å². The molecule has 3 rings (SSSR count). The zero-order chi connectivity index (χ0) is 15.4. The van der Waals surface area contributed by atoms with E-state index in [2.05, 4.69) is 9.97 Å². The van der Waals surface area contributed by atoms with Crippen molar-refractivity contribution < 1.29 is 9.18 Å². The van der Waals surface area contributed by atoms with Crippen molar-refractivity contribution in [3.8, 4) is 0 Å². The lowest BCUT2D eigenvalue weighted by atomic mass is 10.1. The topological polar surface area (TPSA) is 49.3 Å². The number of amides is 1. The molecule has 1 aliphatic heterocycles. The molecular formula is C16H17FN4O. The van der Waals surface area contributed by atoms with Gasteiger partial charge >= 0.3 is 0 Å². The largest absolute Gasteiger partial charge is 0.339 e. The minimum absolute atomic E-state index is 0.0428. The molecule has 1 aromatic carbocycles. The van der Waals surface area contributed by atoms with Crippen LogP contribution in [-0.2, 0) is 11.2 Å². The molecule has 1 aromatic heterocycles. The maximum atomic E-state index is 13.6. The normalized spacial score (nSPS) is 15.0. The molecule has 2 aromatic rings. The van der Waals surface area contributed by atoms with Crippen molar-refractivity contribution in [1.82, 2.24) is 14.9 Å². The zero-order valence-corrected chi connectivity index (χ0v) is 12.2. The van der Waals surface area contributed by atoms with Crippen LogP contribution in [0.15, 0.2) is 42.7 Å². The Morgan fingerprint density at radius 1 is 1.05 bits per heavy atom. The first-order chi connectivity index (χ1) is 10.7. The predicted octanol–water partition coefficient (Wildman–Crippen LogP) is 1.51. The van der Waals surface area contributed by atoms with Crippen molar-refractivity contribution in [3.63, 3.8) is 0 Å². The van der Waals surface area contributed by atoms with Crippen LogP contribution in [0, 0.1) is 5.82 Å². The summed E-state index contributed by atoms with van der Waals surface area (Å²) in [4.78, 5) is 24.5. The van der Waals surface area contributed by atoms with E-state index in [1.165, 1.54) is 6.07 Å². The van der Waals surface area contributed by atoms with E-state index in [4.69, 9.17) is 0 Å². The van der Waals surface area contributed by atoms with Gasteiger partial charge in [0.05, 0.1) is 6.42 Å². The summed E-state index contributed by atoms with van der Waals surface area (Å²) in [5.74, 6) is 0.314. The molecule has 1 saturated heterocycles. The van der Waals surface area contributed by atoms with Crippen molar-refractivity contribution >= 4 is 11.9 Å². The number of carbonyl (C=O) groups excluding carboxylic acids is 1. The monoisotopic (exact) mass is 300 g/mol. The fraction of sp³-hybridized carbons (Fsp3) is 0.312. The van der Waals surface area contributed by atoms with Gasteiger partial charge in [-0.1, -0.05) is 18.2 Å². The molecule has 0 bridgehead atoms. The first kappa shape index (κ1) is 14.4. The molecule has 0 atom stereocenters. The van der Waals surface area contributed by atoms with E-state index in [-0.39, 0.29) is 18.1 Å². The van der Waals surface area contributed by atoms with Crippen LogP contribution in [-0.4, -0.2) is 47.0 Å². The summed E-state index contributed by atoms with van der Waals surface area (Å²) in [5.41, 5.74) is 0.446. The summed E-state index contributed by atoms with van der Waals surface area (Å²) in [6, 6.07) is 8.19. The van der Waals surface area contributed by atoms with Crippen LogP contribution in [0.2, 0.25) is 0 Å². The first-order valence-corrected chi connectivity index (χ1v) is 7.27. The summed E-state index contributed by atoms with van der Waals surface area (Å²) in [7, 11) is 0. The van der Waals surface area contributed by atoms with Crippen LogP contribution in [0.1, 0.15) is 5.56 Å². The van der Waals surface area contributed by atoms with Gasteiger partial charge < -0.3 is 9.80 Å². The van der Waals surface area contributed by atoms with Crippen molar-refractivity contribution in [1.29, 1.82) is 0 Å². The Balaban J connectivity index is 1.57. The van der Waals surface area contributed by atoms with E-state index in [1.54, 1.807) is 41.6 Å². The third-order valence-corrected chi connectivity index (χ3v) is 3.77. The second-order valence-corrected chi connectivity index (χ2v) is 5.18. The Bertz CT molecular complexity index is 642. The molecule has 0 unspecified atom stereocenters. The van der Waals surface area contributed by atoms with Gasteiger partial charge in [-0.25, -0.2) is 14.4 Å². The Kier molecular flexibility index (Phi) is 4.27. The van der Waals surface area contributed by atoms with Gasteiger partial charge in [-0.2, -0.15) is 0 Å². The molecule has 0 aliphatic carbocycles. The maximum Gasteiger partial charge on any atom is 0.227 e. The molecule has 0 spiro atoms. The third-order valence-electron chi connectivity index (χ3n) is 3.77. The summed E-state index contributed by atoms with van der Waals surface area (Å²) in [5, 5.41) is 0. The van der Waals surface area contributed by atoms with Gasteiger partial charge in [0.25, 0.3) is 0 Å². The van der Waals surface area contributed by atoms with Crippen LogP contribution < -0.4 is 4.90 Å². The van der Waals surface area contributed by atoms with Crippen LogP contribution >= 0.6 is 0 Å². The number of anilines is 1. The van der Waals surface area contributed by atoms with E-state index in [0.717, 1.165) is 0 Å². The highest BCUT2D eigenvalue weighted by atomic mass is 19.1. The fourth-order valence-electron chi connectivity index (χ4n) is 2.53. The molecule has 114 valence electrons. The highest BCUT2D eigenvalue weighted by Gasteiger charge is 2.22. The summed E-state index contributed by atoms with van der Waals surface area (Å²) in [6.45, 7) is 2.58. The molecule has 1 aliphatic rings. The van der Waals surface area contributed by atoms with Gasteiger partial charge in [-0.3, -0.25) is 4.79 Å². The lowest BCUT2D eigenvalue weighted by Crippen LogP contribution is -2.49. The van der Waals surface area contributed by atoms with E-state index < -0.39 is 0 Å². The number of halogens is 1. The molecule has 5 nitrogen and oxygen atoms in total. The highest BCUT2D eigenvalue weighted by Crippen LogP contribution is 2.13. The number of hydrogen-bond donors (Lipinski definition) is 0. The number of aromatic nitrogens is 2. The maximum absolute atomic E-state index is 13.6. The molecule has 1 amide bonds. The van der Waals surface area contributed by atoms with Crippen molar-refractivity contribution in [3.05, 3.63) is 54.1 Å². The average molecular weight is 300 g/mol. The first-order valence-electron chi connectivity index (χ1n) is 7.27. The van der Waals surface area contributed by atoms with Crippen LogP contribution in [0.3, 0.4) is 0 Å². The lowest BCUT2D eigenvalue weighted by Gasteiger charge is -2.34. The Labute approximate surface area is 128 Å². The molecule has 6 heteroatoms. The highest BCUT2D eigenvalue weighted by molar-refractivity contribution is 5.79. The lowest BCUT2D eigenvalue weighted by molar-refractivity contribution is -0.130. The second kappa shape index (κ2) is 6.51. The quantitative estimate of drug-likeness (QED) is 0.862. The molecule has 1 fully saturated rings. The minimum atomic E-state index is -0.327. The van der Waals surface area contributed by atoms with E-state index in [0.29, 0.717) is 37.7 Å². The molecular weight excluding hydrogens is 283 g/mol. The number of carbonyl (C=O) groups is 1. The second-order valence-electron chi connectivity index (χ2n) is 5.18. The minimum Gasteiger partial charge on any atom is -0.339 e. The number of benzene rings is 1. The molecule has 22 heavy (non-hydrogen) atoms. The number of nitrogens with zero attached hydrogens (tertiary/aromatic N) is 4. The molecule has 0 radical (unpaired) electrons. The Morgan fingerprint density at radius 2 is 1.73 bits per heavy atom. The SMILES string of the molecule is O=C(Cc1ccccc1F)N1CCN(c2ncccn2)CC1. The average Bonchev–Trinajstić information content (AvgIpc) is 2.58. The van der Waals surface area contributed by atoms with E-state index >= 15 is 0 Å². The predicted molar refractivity (Wildman–Crippen MR) is 80.9 cm³/mol. The van der Waals surface area contributed by atoms with Crippen LogP contribution in [0.4, 0.5) is 10.3 Å². The van der Waals surface area contributed by atoms with Gasteiger partial charge in [0.15, 0.2) is 0 Å². The zero-order valence-electron chi connectivity index (χ0n) is 12.2. The van der Waals surface area contributed by atoms with E-state index in [9.17, 15) is 9.18 Å². The molecule has 2 heterocycles. The van der Waals surface area contributed by atoms with E-state index in [1.807, 2.05) is 4.90 Å². The fourth-order valence-corrected chi connectivity index (χ4v) is 2.53. The smallest absolute Gasteiger partial charge is 0.227 e. The third kappa shape index (κ3) is 3.21. The van der Waals surface area contributed by atoms with Crippen molar-refractivity contribution in [2.75, 3.05) is 31.1 Å². The summed E-state index contributed by atoms with van der Waals surface area (Å²) < 4.78 is 13.6. The summed E-state index contributed by atoms with van der Waals surface area (Å²) in [6.07, 6.45) is 3.52. The van der Waals surface area contributed by atoms with Crippen LogP contribution in [0.25, 0.3) is 0 Å². The van der Waals surface area contributed by atoms with Gasteiger partial charge in [-0.05, 0) is 17.7 Å². The van der Waals surface area contributed by atoms with Gasteiger partial charge in [0.2, 0.25) is 11.9 Å². The molecule has 0 saturated carbocycles. The van der Waals surface area contributed by atoms with Gasteiger partial charge in [-0.15, -0.1) is 0 Å². The number of piperazine rings is 1. The standard InChI is InChI=1S/C16H17FN4O/c17-14-5-2-1-4-13(14)12-15(22)20-8-10-21(11-9-20)16-18-6-3-7-19-16/h1-7H,8-12H2. The summed E-state index contributed by atoms with van der Waals surface area (Å²) >= 11 is 0. The number of hydrogen-bond acceptors (Lipinski definition) is 4. The van der Waals surface area contributed by atoms with Crippen LogP contribution in [0.5, 0.6) is 0 Å². The molecule has 0 N–H and O–H groups in total. The van der Waals surface area contributed by atoms with Crippen molar-refractivity contribution in [2.45, 2.75) is 6.42 Å².